The Labute approximate surface area is 184 Å². The van der Waals surface area contributed by atoms with Gasteiger partial charge in [0.25, 0.3) is 11.8 Å². The van der Waals surface area contributed by atoms with Gasteiger partial charge in [-0.05, 0) is 29.8 Å². The maximum atomic E-state index is 13.5. The largest absolute Gasteiger partial charge is 0.395 e. The molecular weight excluding hydrogens is 425 g/mol. The molecule has 2 aliphatic rings. The number of hydrogen-bond acceptors (Lipinski definition) is 5. The van der Waals surface area contributed by atoms with Crippen molar-refractivity contribution < 1.29 is 14.7 Å². The quantitative estimate of drug-likeness (QED) is 0.716. The summed E-state index contributed by atoms with van der Waals surface area (Å²) < 4.78 is 0. The van der Waals surface area contributed by atoms with Crippen LogP contribution in [0.15, 0.2) is 54.2 Å². The number of amides is 2. The first-order valence-corrected chi connectivity index (χ1v) is 10.5. The molecule has 1 saturated heterocycles. The molecule has 0 aliphatic carbocycles. The van der Waals surface area contributed by atoms with Gasteiger partial charge in [-0.1, -0.05) is 47.5 Å². The van der Waals surface area contributed by atoms with E-state index in [4.69, 9.17) is 23.2 Å². The molecule has 2 aromatic rings. The van der Waals surface area contributed by atoms with Gasteiger partial charge in [-0.15, -0.1) is 0 Å². The number of nitrogens with zero attached hydrogens (tertiary/aromatic N) is 3. The zero-order valence-electron chi connectivity index (χ0n) is 16.2. The van der Waals surface area contributed by atoms with E-state index in [9.17, 15) is 14.7 Å². The van der Waals surface area contributed by atoms with Crippen LogP contribution in [0, 0.1) is 0 Å². The molecule has 2 aromatic carbocycles. The van der Waals surface area contributed by atoms with E-state index in [1.165, 1.54) is 0 Å². The summed E-state index contributed by atoms with van der Waals surface area (Å²) in [4.78, 5) is 32.2. The van der Waals surface area contributed by atoms with Crippen molar-refractivity contribution in [1.29, 1.82) is 0 Å². The molecule has 2 amide bonds. The summed E-state index contributed by atoms with van der Waals surface area (Å²) in [5.41, 5.74) is 1.74. The molecule has 1 fully saturated rings. The average Bonchev–Trinajstić information content (AvgIpc) is 3.00. The summed E-state index contributed by atoms with van der Waals surface area (Å²) in [7, 11) is 0. The third-order valence-electron chi connectivity index (χ3n) is 5.39. The molecule has 0 saturated carbocycles. The number of para-hydroxylation sites is 1. The monoisotopic (exact) mass is 445 g/mol. The molecule has 0 radical (unpaired) electrons. The van der Waals surface area contributed by atoms with Crippen LogP contribution in [-0.4, -0.2) is 66.1 Å². The zero-order valence-corrected chi connectivity index (χ0v) is 17.7. The van der Waals surface area contributed by atoms with Crippen LogP contribution in [0.25, 0.3) is 5.57 Å². The smallest absolute Gasteiger partial charge is 0.282 e. The van der Waals surface area contributed by atoms with E-state index >= 15 is 0 Å². The number of aliphatic hydroxyl groups excluding tert-OH is 1. The Balaban J connectivity index is 1.75. The predicted molar refractivity (Wildman–Crippen MR) is 117 cm³/mol. The highest BCUT2D eigenvalue weighted by molar-refractivity contribution is 6.47. The van der Waals surface area contributed by atoms with Crippen LogP contribution in [0.4, 0.5) is 5.69 Å². The van der Waals surface area contributed by atoms with Crippen molar-refractivity contribution in [3.05, 3.63) is 69.8 Å². The van der Waals surface area contributed by atoms with Gasteiger partial charge >= 0.3 is 0 Å². The Morgan fingerprint density at radius 2 is 1.53 bits per heavy atom. The summed E-state index contributed by atoms with van der Waals surface area (Å²) >= 11 is 12.3. The highest BCUT2D eigenvalue weighted by Crippen LogP contribution is 2.37. The van der Waals surface area contributed by atoms with E-state index in [0.29, 0.717) is 65.3 Å². The van der Waals surface area contributed by atoms with E-state index in [0.717, 1.165) is 4.90 Å². The summed E-state index contributed by atoms with van der Waals surface area (Å²) in [6.07, 6.45) is 0. The lowest BCUT2D eigenvalue weighted by Crippen LogP contribution is -2.48. The molecule has 30 heavy (non-hydrogen) atoms. The number of anilines is 1. The predicted octanol–water partition coefficient (Wildman–Crippen LogP) is 2.89. The second-order valence-electron chi connectivity index (χ2n) is 7.18. The fourth-order valence-corrected chi connectivity index (χ4v) is 4.22. The third kappa shape index (κ3) is 3.84. The Kier molecular flexibility index (Phi) is 6.11. The van der Waals surface area contributed by atoms with Crippen molar-refractivity contribution in [2.45, 2.75) is 0 Å². The van der Waals surface area contributed by atoms with E-state index < -0.39 is 5.91 Å². The van der Waals surface area contributed by atoms with E-state index in [1.807, 2.05) is 4.90 Å². The maximum absolute atomic E-state index is 13.5. The van der Waals surface area contributed by atoms with Crippen molar-refractivity contribution in [3.8, 4) is 0 Å². The Hall–Kier alpha value is -2.38. The third-order valence-corrected chi connectivity index (χ3v) is 5.96. The van der Waals surface area contributed by atoms with Gasteiger partial charge in [0, 0.05) is 37.7 Å². The van der Waals surface area contributed by atoms with Crippen molar-refractivity contribution >= 4 is 46.3 Å². The van der Waals surface area contributed by atoms with Gasteiger partial charge in [-0.25, -0.2) is 4.90 Å². The molecule has 2 aliphatic heterocycles. The van der Waals surface area contributed by atoms with Gasteiger partial charge in [0.05, 0.1) is 22.9 Å². The van der Waals surface area contributed by atoms with Crippen LogP contribution in [-0.2, 0) is 9.59 Å². The fraction of sp³-hybridized carbons (Fsp3) is 0.273. The summed E-state index contributed by atoms with van der Waals surface area (Å²) in [5, 5.41) is 10.1. The lowest BCUT2D eigenvalue weighted by Gasteiger charge is -2.36. The van der Waals surface area contributed by atoms with Crippen LogP contribution in [0.2, 0.25) is 10.0 Å². The highest BCUT2D eigenvalue weighted by atomic mass is 35.5. The van der Waals surface area contributed by atoms with Gasteiger partial charge in [0.15, 0.2) is 0 Å². The first-order valence-electron chi connectivity index (χ1n) is 9.73. The summed E-state index contributed by atoms with van der Waals surface area (Å²) in [6, 6.07) is 13.7. The fourth-order valence-electron chi connectivity index (χ4n) is 3.88. The van der Waals surface area contributed by atoms with Crippen LogP contribution < -0.4 is 4.90 Å². The van der Waals surface area contributed by atoms with Gasteiger partial charge in [0.1, 0.15) is 5.70 Å². The number of aliphatic hydroxyl groups is 1. The number of carbonyl (C=O) groups excluding carboxylic acids is 2. The maximum Gasteiger partial charge on any atom is 0.282 e. The number of piperazine rings is 1. The average molecular weight is 446 g/mol. The van der Waals surface area contributed by atoms with Gasteiger partial charge < -0.3 is 10.0 Å². The van der Waals surface area contributed by atoms with E-state index in [-0.39, 0.29) is 12.5 Å². The molecule has 1 N–H and O–H groups in total. The van der Waals surface area contributed by atoms with Crippen molar-refractivity contribution in [3.63, 3.8) is 0 Å². The second-order valence-corrected chi connectivity index (χ2v) is 8.02. The Bertz CT molecular complexity index is 999. The SMILES string of the molecule is O=C1C(c2ccc(Cl)cc2)=C(N2CCN(CCO)CC2)C(=O)N1c1ccccc1Cl. The summed E-state index contributed by atoms with van der Waals surface area (Å²) in [5.74, 6) is -0.781. The van der Waals surface area contributed by atoms with E-state index in [2.05, 4.69) is 4.90 Å². The first kappa shape index (κ1) is 20.9. The molecular formula is C22H21Cl2N3O3. The number of carbonyl (C=O) groups is 2. The zero-order chi connectivity index (χ0) is 21.3. The minimum atomic E-state index is -0.400. The molecule has 6 nitrogen and oxygen atoms in total. The summed E-state index contributed by atoms with van der Waals surface area (Å²) in [6.45, 7) is 3.26. The van der Waals surface area contributed by atoms with Gasteiger partial charge in [0.2, 0.25) is 0 Å². The number of imide groups is 1. The minimum absolute atomic E-state index is 0.0937. The van der Waals surface area contributed by atoms with Crippen molar-refractivity contribution in [2.24, 2.45) is 0 Å². The topological polar surface area (TPSA) is 64.1 Å². The Morgan fingerprint density at radius 1 is 0.867 bits per heavy atom. The lowest BCUT2D eigenvalue weighted by molar-refractivity contribution is -0.120. The molecule has 0 aromatic heterocycles. The lowest BCUT2D eigenvalue weighted by atomic mass is 10.0. The Morgan fingerprint density at radius 3 is 2.17 bits per heavy atom. The number of halogens is 2. The number of hydrogen-bond donors (Lipinski definition) is 1. The van der Waals surface area contributed by atoms with E-state index in [1.54, 1.807) is 48.5 Å². The molecule has 4 rings (SSSR count). The normalized spacial score (nSPS) is 18.0. The van der Waals surface area contributed by atoms with Crippen LogP contribution in [0.3, 0.4) is 0 Å². The first-order chi connectivity index (χ1) is 14.5. The van der Waals surface area contributed by atoms with Crippen molar-refractivity contribution in [1.82, 2.24) is 9.80 Å². The number of rotatable bonds is 5. The standard InChI is InChI=1S/C22H21Cl2N3O3/c23-16-7-5-15(6-8-16)19-20(26-11-9-25(10-12-26)13-14-28)22(30)27(21(19)29)18-4-2-1-3-17(18)24/h1-8,28H,9-14H2. The minimum Gasteiger partial charge on any atom is -0.395 e. The van der Waals surface area contributed by atoms with Crippen LogP contribution in [0.5, 0.6) is 0 Å². The second kappa shape index (κ2) is 8.78. The van der Waals surface area contributed by atoms with Crippen molar-refractivity contribution in [2.75, 3.05) is 44.2 Å². The molecule has 0 spiro atoms. The molecule has 156 valence electrons. The number of β-amino-alcohol motifs (C(OH)–C–C–N with tert-alkyl or cyclic N) is 1. The van der Waals surface area contributed by atoms with Crippen LogP contribution >= 0.6 is 23.2 Å². The molecule has 8 heteroatoms. The van der Waals surface area contributed by atoms with Gasteiger partial charge in [-0.2, -0.15) is 0 Å². The van der Waals surface area contributed by atoms with Crippen LogP contribution in [0.1, 0.15) is 5.56 Å². The highest BCUT2D eigenvalue weighted by Gasteiger charge is 2.43. The van der Waals surface area contributed by atoms with Gasteiger partial charge in [-0.3, -0.25) is 14.5 Å². The molecule has 0 unspecified atom stereocenters. The molecule has 2 heterocycles. The molecule has 0 bridgehead atoms. The number of benzene rings is 2. The molecule has 0 atom stereocenters.